The van der Waals surface area contributed by atoms with E-state index in [2.05, 4.69) is 4.90 Å². The van der Waals surface area contributed by atoms with Gasteiger partial charge in [-0.25, -0.2) is 4.79 Å². The Labute approximate surface area is 107 Å². The maximum Gasteiger partial charge on any atom is 0.320 e. The van der Waals surface area contributed by atoms with Crippen molar-refractivity contribution in [3.05, 3.63) is 0 Å². The van der Waals surface area contributed by atoms with Crippen molar-refractivity contribution in [3.8, 4) is 0 Å². The van der Waals surface area contributed by atoms with Crippen LogP contribution in [0.1, 0.15) is 0 Å². The molecule has 7 heteroatoms. The van der Waals surface area contributed by atoms with E-state index in [1.807, 2.05) is 9.80 Å². The molecule has 7 nitrogen and oxygen atoms in total. The number of carbonyl (C=O) groups excluding carboxylic acids is 1. The molecule has 2 rings (SSSR count). The summed E-state index contributed by atoms with van der Waals surface area (Å²) in [7, 11) is 0. The van der Waals surface area contributed by atoms with Crippen LogP contribution in [0.15, 0.2) is 0 Å². The summed E-state index contributed by atoms with van der Waals surface area (Å²) < 4.78 is 5.24. The summed E-state index contributed by atoms with van der Waals surface area (Å²) >= 11 is 0. The molecule has 2 amide bonds. The van der Waals surface area contributed by atoms with Crippen molar-refractivity contribution in [2.75, 3.05) is 59.0 Å². The molecule has 0 spiro atoms. The first-order chi connectivity index (χ1) is 8.66. The molecule has 102 valence electrons. The number of amides is 2. The van der Waals surface area contributed by atoms with Gasteiger partial charge in [-0.1, -0.05) is 0 Å². The Kier molecular flexibility index (Phi) is 4.38. The number of rotatable bonds is 2. The third-order valence-corrected chi connectivity index (χ3v) is 3.32. The number of piperazine rings is 1. The van der Waals surface area contributed by atoms with E-state index < -0.39 is 0 Å². The van der Waals surface area contributed by atoms with Crippen LogP contribution in [0.3, 0.4) is 0 Å². The molecule has 0 saturated carbocycles. The molecule has 3 N–H and O–H groups in total. The summed E-state index contributed by atoms with van der Waals surface area (Å²) in [6, 6.07) is 0.112. The van der Waals surface area contributed by atoms with Gasteiger partial charge in [0.15, 0.2) is 0 Å². The minimum absolute atomic E-state index is 0.112. The lowest BCUT2D eigenvalue weighted by Gasteiger charge is -2.38. The smallest absolute Gasteiger partial charge is 0.320 e. The van der Waals surface area contributed by atoms with Crippen molar-refractivity contribution >= 4 is 11.9 Å². The molecular formula is C11H21N5O2. The highest BCUT2D eigenvalue weighted by Crippen LogP contribution is 2.07. The summed E-state index contributed by atoms with van der Waals surface area (Å²) in [5, 5.41) is 7.26. The molecule has 2 saturated heterocycles. The molecule has 0 aromatic rings. The molecule has 0 bridgehead atoms. The molecule has 0 aromatic heterocycles. The summed E-state index contributed by atoms with van der Waals surface area (Å²) in [5.41, 5.74) is 5.37. The van der Waals surface area contributed by atoms with Crippen molar-refractivity contribution in [2.45, 2.75) is 0 Å². The number of carbonyl (C=O) groups is 1. The minimum Gasteiger partial charge on any atom is -0.387 e. The van der Waals surface area contributed by atoms with Crippen molar-refractivity contribution in [1.29, 1.82) is 5.41 Å². The summed E-state index contributed by atoms with van der Waals surface area (Å²) in [5.74, 6) is 0.183. The zero-order valence-corrected chi connectivity index (χ0v) is 10.6. The molecule has 2 aliphatic rings. The molecule has 18 heavy (non-hydrogen) atoms. The third kappa shape index (κ3) is 3.33. The van der Waals surface area contributed by atoms with Gasteiger partial charge in [0.1, 0.15) is 5.84 Å². The van der Waals surface area contributed by atoms with Crippen molar-refractivity contribution in [3.63, 3.8) is 0 Å². The van der Waals surface area contributed by atoms with Gasteiger partial charge in [0, 0.05) is 39.3 Å². The molecule has 2 heterocycles. The Bertz CT molecular complexity index is 309. The lowest BCUT2D eigenvalue weighted by Crippen LogP contribution is -2.55. The fourth-order valence-corrected chi connectivity index (χ4v) is 2.29. The Morgan fingerprint density at radius 1 is 1.06 bits per heavy atom. The number of hydrogen-bond donors (Lipinski definition) is 2. The quantitative estimate of drug-likeness (QED) is 0.489. The van der Waals surface area contributed by atoms with Gasteiger partial charge in [-0.15, -0.1) is 0 Å². The lowest BCUT2D eigenvalue weighted by molar-refractivity contribution is 0.0384. The molecule has 0 unspecified atom stereocenters. The Hall–Kier alpha value is -1.34. The van der Waals surface area contributed by atoms with Crippen LogP contribution in [-0.4, -0.2) is 85.6 Å². The summed E-state index contributed by atoms with van der Waals surface area (Å²) in [6.07, 6.45) is 0. The van der Waals surface area contributed by atoms with Gasteiger partial charge in [0.2, 0.25) is 0 Å². The number of amidine groups is 1. The Balaban J connectivity index is 1.78. The fraction of sp³-hybridized carbons (Fsp3) is 0.818. The first kappa shape index (κ1) is 13.1. The number of nitrogens with zero attached hydrogens (tertiary/aromatic N) is 3. The number of nitrogens with two attached hydrogens (primary N) is 1. The molecule has 2 fully saturated rings. The van der Waals surface area contributed by atoms with Crippen molar-refractivity contribution in [2.24, 2.45) is 5.73 Å². The van der Waals surface area contributed by atoms with Crippen molar-refractivity contribution in [1.82, 2.24) is 14.7 Å². The van der Waals surface area contributed by atoms with E-state index in [-0.39, 0.29) is 11.9 Å². The molecule has 2 aliphatic heterocycles. The highest BCUT2D eigenvalue weighted by molar-refractivity contribution is 5.79. The van der Waals surface area contributed by atoms with Crippen LogP contribution >= 0.6 is 0 Å². The molecule has 0 aliphatic carbocycles. The average Bonchev–Trinajstić information content (AvgIpc) is 2.39. The SMILES string of the molecule is N=C(N)CN1CCN(C(=O)N2CCOCC2)CC1. The number of hydrogen-bond acceptors (Lipinski definition) is 4. The maximum atomic E-state index is 12.2. The second kappa shape index (κ2) is 6.01. The van der Waals surface area contributed by atoms with E-state index in [1.54, 1.807) is 0 Å². The van der Waals surface area contributed by atoms with Gasteiger partial charge in [0.05, 0.1) is 19.8 Å². The van der Waals surface area contributed by atoms with E-state index in [1.165, 1.54) is 0 Å². The van der Waals surface area contributed by atoms with Crippen molar-refractivity contribution < 1.29 is 9.53 Å². The second-order valence-electron chi connectivity index (χ2n) is 4.67. The zero-order valence-electron chi connectivity index (χ0n) is 10.6. The number of urea groups is 1. The van der Waals surface area contributed by atoms with Gasteiger partial charge >= 0.3 is 6.03 Å². The first-order valence-corrected chi connectivity index (χ1v) is 6.33. The van der Waals surface area contributed by atoms with Gasteiger partial charge < -0.3 is 20.3 Å². The predicted octanol–water partition coefficient (Wildman–Crippen LogP) is -1.01. The minimum atomic E-state index is 0.112. The lowest BCUT2D eigenvalue weighted by atomic mass is 10.3. The van der Waals surface area contributed by atoms with E-state index in [9.17, 15) is 4.79 Å². The summed E-state index contributed by atoms with van der Waals surface area (Å²) in [4.78, 5) is 18.0. The van der Waals surface area contributed by atoms with E-state index in [0.29, 0.717) is 45.9 Å². The van der Waals surface area contributed by atoms with Crippen LogP contribution in [-0.2, 0) is 4.74 Å². The topological polar surface area (TPSA) is 85.9 Å². The summed E-state index contributed by atoms with van der Waals surface area (Å²) in [6.45, 7) is 6.14. The van der Waals surface area contributed by atoms with Crippen LogP contribution < -0.4 is 5.73 Å². The van der Waals surface area contributed by atoms with E-state index in [4.69, 9.17) is 15.9 Å². The number of morpholine rings is 1. The second-order valence-corrected chi connectivity index (χ2v) is 4.67. The highest BCUT2D eigenvalue weighted by atomic mass is 16.5. The van der Waals surface area contributed by atoms with Crippen LogP contribution in [0.2, 0.25) is 0 Å². The predicted molar refractivity (Wildman–Crippen MR) is 67.7 cm³/mol. The van der Waals surface area contributed by atoms with Gasteiger partial charge in [0.25, 0.3) is 0 Å². The molecule has 0 radical (unpaired) electrons. The highest BCUT2D eigenvalue weighted by Gasteiger charge is 2.26. The van der Waals surface area contributed by atoms with Gasteiger partial charge in [-0.3, -0.25) is 10.3 Å². The molecule has 0 aromatic carbocycles. The standard InChI is InChI=1S/C11H21N5O2/c12-10(13)9-14-1-3-15(4-2-14)11(17)16-5-7-18-8-6-16/h1-9H2,(H3,12,13). The largest absolute Gasteiger partial charge is 0.387 e. The van der Waals surface area contributed by atoms with Crippen LogP contribution in [0.4, 0.5) is 4.79 Å². The number of ether oxygens (including phenoxy) is 1. The molecule has 0 atom stereocenters. The Morgan fingerprint density at radius 3 is 2.17 bits per heavy atom. The zero-order chi connectivity index (χ0) is 13.0. The van der Waals surface area contributed by atoms with Crippen LogP contribution in [0, 0.1) is 5.41 Å². The van der Waals surface area contributed by atoms with E-state index >= 15 is 0 Å². The molecular weight excluding hydrogens is 234 g/mol. The van der Waals surface area contributed by atoms with Gasteiger partial charge in [-0.05, 0) is 0 Å². The fourth-order valence-electron chi connectivity index (χ4n) is 2.29. The first-order valence-electron chi connectivity index (χ1n) is 6.33. The third-order valence-electron chi connectivity index (χ3n) is 3.32. The van der Waals surface area contributed by atoms with E-state index in [0.717, 1.165) is 13.1 Å². The van der Waals surface area contributed by atoms with Crippen LogP contribution in [0.25, 0.3) is 0 Å². The maximum absolute atomic E-state index is 12.2. The van der Waals surface area contributed by atoms with Gasteiger partial charge in [-0.2, -0.15) is 0 Å². The normalized spacial score (nSPS) is 22.0. The number of nitrogens with one attached hydrogen (secondary N) is 1. The van der Waals surface area contributed by atoms with Crippen LogP contribution in [0.5, 0.6) is 0 Å². The average molecular weight is 255 g/mol. The Morgan fingerprint density at radius 2 is 1.61 bits per heavy atom. The monoisotopic (exact) mass is 255 g/mol.